The van der Waals surface area contributed by atoms with Gasteiger partial charge in [0.2, 0.25) is 10.0 Å². The number of hydrogen-bond acceptors (Lipinski definition) is 5. The van der Waals surface area contributed by atoms with Crippen molar-refractivity contribution in [3.63, 3.8) is 0 Å². The topological polar surface area (TPSA) is 93.1 Å². The molecule has 0 aromatic heterocycles. The van der Waals surface area contributed by atoms with E-state index in [0.717, 1.165) is 6.42 Å². The second-order valence-electron chi connectivity index (χ2n) is 6.22. The van der Waals surface area contributed by atoms with Crippen LogP contribution in [0.25, 0.3) is 0 Å². The van der Waals surface area contributed by atoms with E-state index < -0.39 is 16.0 Å². The van der Waals surface area contributed by atoms with Gasteiger partial charge in [-0.2, -0.15) is 4.31 Å². The molecule has 148 valence electrons. The molecule has 1 heterocycles. The van der Waals surface area contributed by atoms with E-state index in [9.17, 15) is 13.2 Å². The summed E-state index contributed by atoms with van der Waals surface area (Å²) in [7, 11) is -2.36. The minimum atomic E-state index is -3.89. The number of rotatable bonds is 8. The number of sulfonamides is 1. The third kappa shape index (κ3) is 4.35. The number of carboxylic acids is 1. The zero-order chi connectivity index (χ0) is 20.1. The average Bonchev–Trinajstić information content (AvgIpc) is 3.21. The first kappa shape index (κ1) is 19.9. The van der Waals surface area contributed by atoms with Crippen LogP contribution >= 0.6 is 0 Å². The highest BCUT2D eigenvalue weighted by Crippen LogP contribution is 2.26. The molecule has 1 aliphatic rings. The summed E-state index contributed by atoms with van der Waals surface area (Å²) in [6.07, 6.45) is 2.61. The number of benzene rings is 2. The van der Waals surface area contributed by atoms with Crippen molar-refractivity contribution in [3.05, 3.63) is 71.5 Å². The molecular formula is C20H21NO6S. The highest BCUT2D eigenvalue weighted by Gasteiger charge is 2.28. The molecule has 0 bridgehead atoms. The van der Waals surface area contributed by atoms with Gasteiger partial charge in [0.25, 0.3) is 0 Å². The Hall–Kier alpha value is -2.84. The fourth-order valence-corrected chi connectivity index (χ4v) is 4.31. The van der Waals surface area contributed by atoms with Crippen LogP contribution in [-0.2, 0) is 21.3 Å². The number of carbonyl (C=O) groups is 1. The quantitative estimate of drug-likeness (QED) is 0.729. The van der Waals surface area contributed by atoms with Gasteiger partial charge in [-0.05, 0) is 36.4 Å². The molecule has 0 radical (unpaired) electrons. The summed E-state index contributed by atoms with van der Waals surface area (Å²) in [4.78, 5) is 11.1. The Kier molecular flexibility index (Phi) is 6.01. The summed E-state index contributed by atoms with van der Waals surface area (Å²) < 4.78 is 38.7. The zero-order valence-electron chi connectivity index (χ0n) is 15.4. The number of methoxy groups -OCH3 is 1. The van der Waals surface area contributed by atoms with Crippen molar-refractivity contribution < 1.29 is 27.8 Å². The number of para-hydroxylation sites is 1. The van der Waals surface area contributed by atoms with E-state index in [1.54, 1.807) is 12.1 Å². The van der Waals surface area contributed by atoms with E-state index in [4.69, 9.17) is 14.6 Å². The molecule has 2 aromatic rings. The van der Waals surface area contributed by atoms with Gasteiger partial charge < -0.3 is 14.6 Å². The molecule has 2 aromatic carbocycles. The molecule has 0 aliphatic carbocycles. The van der Waals surface area contributed by atoms with Crippen LogP contribution in [0.4, 0.5) is 0 Å². The standard InChI is InChI=1S/C20H21NO6S/c1-26-19-7-3-2-5-16(19)13-21(14-17-6-4-12-27-17)28(24,25)18-10-8-15(9-11-18)20(22)23/h2-3,5-11H,4,12-14H2,1H3,(H,22,23). The van der Waals surface area contributed by atoms with Crippen molar-refractivity contribution in [1.29, 1.82) is 0 Å². The normalized spacial score (nSPS) is 13.9. The van der Waals surface area contributed by atoms with Crippen molar-refractivity contribution in [2.75, 3.05) is 20.3 Å². The van der Waals surface area contributed by atoms with Gasteiger partial charge >= 0.3 is 5.97 Å². The lowest BCUT2D eigenvalue weighted by Gasteiger charge is -2.23. The molecule has 0 atom stereocenters. The number of nitrogens with zero attached hydrogens (tertiary/aromatic N) is 1. The predicted octanol–water partition coefficient (Wildman–Crippen LogP) is 2.89. The van der Waals surface area contributed by atoms with E-state index in [0.29, 0.717) is 23.7 Å². The molecule has 0 fully saturated rings. The zero-order valence-corrected chi connectivity index (χ0v) is 16.2. The van der Waals surface area contributed by atoms with E-state index >= 15 is 0 Å². The average molecular weight is 403 g/mol. The number of aromatic carboxylic acids is 1. The third-order valence-corrected chi connectivity index (χ3v) is 6.19. The van der Waals surface area contributed by atoms with E-state index in [2.05, 4.69) is 0 Å². The molecule has 0 unspecified atom stereocenters. The van der Waals surface area contributed by atoms with Crippen LogP contribution in [-0.4, -0.2) is 44.1 Å². The lowest BCUT2D eigenvalue weighted by atomic mass is 10.2. The maximum absolute atomic E-state index is 13.3. The molecule has 0 spiro atoms. The third-order valence-electron chi connectivity index (χ3n) is 4.39. The minimum Gasteiger partial charge on any atom is -0.497 e. The lowest BCUT2D eigenvalue weighted by Crippen LogP contribution is -2.32. The molecular weight excluding hydrogens is 382 g/mol. The van der Waals surface area contributed by atoms with Crippen LogP contribution in [0.5, 0.6) is 5.75 Å². The van der Waals surface area contributed by atoms with Gasteiger partial charge in [0.1, 0.15) is 11.5 Å². The highest BCUT2D eigenvalue weighted by molar-refractivity contribution is 7.89. The fraction of sp³-hybridized carbons (Fsp3) is 0.250. The molecule has 0 amide bonds. The SMILES string of the molecule is COc1ccccc1CN(CC1=CCCO1)S(=O)(=O)c1ccc(C(=O)O)cc1. The molecule has 0 saturated heterocycles. The van der Waals surface area contributed by atoms with Crippen LogP contribution in [0.2, 0.25) is 0 Å². The van der Waals surface area contributed by atoms with Gasteiger partial charge in [0.15, 0.2) is 0 Å². The summed E-state index contributed by atoms with van der Waals surface area (Å²) in [5.74, 6) is 0.0743. The van der Waals surface area contributed by atoms with E-state index in [1.807, 2.05) is 18.2 Å². The smallest absolute Gasteiger partial charge is 0.335 e. The Labute approximate surface area is 163 Å². The van der Waals surface area contributed by atoms with Crippen LogP contribution in [0, 0.1) is 0 Å². The Morgan fingerprint density at radius 1 is 1.14 bits per heavy atom. The Bertz CT molecular complexity index is 982. The van der Waals surface area contributed by atoms with Gasteiger partial charge in [0, 0.05) is 18.5 Å². The monoisotopic (exact) mass is 403 g/mol. The van der Waals surface area contributed by atoms with Crippen LogP contribution < -0.4 is 4.74 Å². The lowest BCUT2D eigenvalue weighted by molar-refractivity contribution is 0.0696. The Balaban J connectivity index is 1.95. The maximum Gasteiger partial charge on any atom is 0.335 e. The predicted molar refractivity (Wildman–Crippen MR) is 103 cm³/mol. The second kappa shape index (κ2) is 8.45. The first-order valence-electron chi connectivity index (χ1n) is 8.69. The number of ether oxygens (including phenoxy) is 2. The molecule has 1 aliphatic heterocycles. The Morgan fingerprint density at radius 2 is 1.86 bits per heavy atom. The van der Waals surface area contributed by atoms with E-state index in [-0.39, 0.29) is 23.5 Å². The van der Waals surface area contributed by atoms with Crippen molar-refractivity contribution >= 4 is 16.0 Å². The van der Waals surface area contributed by atoms with Crippen LogP contribution in [0.1, 0.15) is 22.3 Å². The molecule has 1 N–H and O–H groups in total. The first-order valence-corrected chi connectivity index (χ1v) is 10.1. The summed E-state index contributed by atoms with van der Waals surface area (Å²) in [6.45, 7) is 0.708. The number of carboxylic acid groups (broad SMARTS) is 1. The van der Waals surface area contributed by atoms with Gasteiger partial charge in [-0.25, -0.2) is 13.2 Å². The first-order chi connectivity index (χ1) is 13.4. The van der Waals surface area contributed by atoms with Crippen molar-refractivity contribution in [1.82, 2.24) is 4.31 Å². The highest BCUT2D eigenvalue weighted by atomic mass is 32.2. The fourth-order valence-electron chi connectivity index (χ4n) is 2.92. The Morgan fingerprint density at radius 3 is 2.46 bits per heavy atom. The second-order valence-corrected chi connectivity index (χ2v) is 8.16. The van der Waals surface area contributed by atoms with Crippen LogP contribution in [0.3, 0.4) is 0 Å². The van der Waals surface area contributed by atoms with Crippen molar-refractivity contribution in [2.45, 2.75) is 17.9 Å². The molecule has 3 rings (SSSR count). The maximum atomic E-state index is 13.3. The largest absolute Gasteiger partial charge is 0.497 e. The van der Waals surface area contributed by atoms with Gasteiger partial charge in [-0.1, -0.05) is 18.2 Å². The summed E-state index contributed by atoms with van der Waals surface area (Å²) in [5.41, 5.74) is 0.742. The summed E-state index contributed by atoms with van der Waals surface area (Å²) in [5, 5.41) is 9.03. The van der Waals surface area contributed by atoms with Crippen LogP contribution in [0.15, 0.2) is 65.3 Å². The van der Waals surface area contributed by atoms with Gasteiger partial charge in [0.05, 0.1) is 30.7 Å². The van der Waals surface area contributed by atoms with E-state index in [1.165, 1.54) is 35.7 Å². The summed E-state index contributed by atoms with van der Waals surface area (Å²) >= 11 is 0. The van der Waals surface area contributed by atoms with Gasteiger partial charge in [-0.15, -0.1) is 0 Å². The molecule has 28 heavy (non-hydrogen) atoms. The van der Waals surface area contributed by atoms with Crippen molar-refractivity contribution in [2.24, 2.45) is 0 Å². The number of hydrogen-bond donors (Lipinski definition) is 1. The summed E-state index contributed by atoms with van der Waals surface area (Å²) in [6, 6.07) is 12.4. The molecule has 7 nitrogen and oxygen atoms in total. The van der Waals surface area contributed by atoms with Crippen molar-refractivity contribution in [3.8, 4) is 5.75 Å². The van der Waals surface area contributed by atoms with Gasteiger partial charge in [-0.3, -0.25) is 0 Å². The molecule has 0 saturated carbocycles. The minimum absolute atomic E-state index is 0.0194. The molecule has 8 heteroatoms.